The maximum Gasteiger partial charge on any atom is 0.236 e. The first-order chi connectivity index (χ1) is 22.4. The second-order valence-corrected chi connectivity index (χ2v) is 13.2. The molecule has 0 fully saturated rings. The molecule has 0 saturated heterocycles. The summed E-state index contributed by atoms with van der Waals surface area (Å²) < 4.78 is 11.3. The van der Waals surface area contributed by atoms with Gasteiger partial charge in [0.15, 0.2) is 0 Å². The van der Waals surface area contributed by atoms with Gasteiger partial charge in [-0.15, -0.1) is 35.6 Å². The number of aryl methyl sites for hydroxylation is 3. The summed E-state index contributed by atoms with van der Waals surface area (Å²) >= 11 is 21.5. The number of nitrogens with zero attached hydrogens (tertiary/aromatic N) is 4. The number of halogens is 6. The summed E-state index contributed by atoms with van der Waals surface area (Å²) in [5.41, 5.74) is 5.97. The highest BCUT2D eigenvalue weighted by Crippen LogP contribution is 2.23. The lowest BCUT2D eigenvalue weighted by Crippen LogP contribution is -2.17. The van der Waals surface area contributed by atoms with Crippen LogP contribution in [0, 0.1) is 6.92 Å². The van der Waals surface area contributed by atoms with Gasteiger partial charge in [0, 0.05) is 65.6 Å². The first-order valence-corrected chi connectivity index (χ1v) is 22.5. The molecule has 0 unspecified atom stereocenters. The Bertz CT molecular complexity index is 1670. The van der Waals surface area contributed by atoms with Gasteiger partial charge in [-0.25, -0.2) is 9.98 Å². The molecule has 0 saturated carbocycles. The van der Waals surface area contributed by atoms with Gasteiger partial charge in [0.05, 0.1) is 11.1 Å². The Balaban J connectivity index is 0.000000264. The van der Waals surface area contributed by atoms with E-state index >= 15 is 0 Å². The number of ether oxygens (including phenoxy) is 2. The van der Waals surface area contributed by atoms with E-state index in [2.05, 4.69) is 97.0 Å². The topological polar surface area (TPSA) is 69.0 Å². The van der Waals surface area contributed by atoms with Crippen molar-refractivity contribution in [2.24, 2.45) is 9.98 Å². The van der Waals surface area contributed by atoms with E-state index in [0.717, 1.165) is 51.0 Å². The normalized spacial score (nSPS) is 14.9. The Kier molecular flexibility index (Phi) is 18.9. The molecular weight excluding hydrogens is 1010 g/mol. The lowest BCUT2D eigenvalue weighted by molar-refractivity contribution is 0.279. The average Bonchev–Trinajstić information content (AvgIpc) is 3.62. The summed E-state index contributed by atoms with van der Waals surface area (Å²) in [4.78, 5) is 17.9. The van der Waals surface area contributed by atoms with Crippen LogP contribution >= 0.6 is 96.0 Å². The second kappa shape index (κ2) is 21.2. The van der Waals surface area contributed by atoms with Crippen molar-refractivity contribution < 1.29 is 9.47 Å². The third-order valence-corrected chi connectivity index (χ3v) is 7.63. The molecule has 2 aliphatic rings. The summed E-state index contributed by atoms with van der Waals surface area (Å²) in [5, 5.41) is 1.52. The molecule has 6 rings (SSSR count). The summed E-state index contributed by atoms with van der Waals surface area (Å²) in [6.07, 6.45) is 5.34. The molecule has 0 N–H and O–H groups in total. The molecule has 12 heteroatoms. The molecule has 0 radical (unpaired) electrons. The SMILES string of the molecule is CC1(C)COC(c2ncccc2CCc2cccc(Cl)c2)=N1.Cc1cccnc1C1=NC(C)(C)CO1.ClCc1cccc(Cl)c1.I.II. The minimum atomic E-state index is -0.170. The van der Waals surface area contributed by atoms with Gasteiger partial charge in [-0.05, 0) is 106 Å². The van der Waals surface area contributed by atoms with E-state index in [0.29, 0.717) is 30.9 Å². The number of aromatic nitrogens is 2. The molecule has 0 amide bonds. The van der Waals surface area contributed by atoms with Gasteiger partial charge in [0.2, 0.25) is 11.8 Å². The number of aliphatic imine (C=N–C) groups is 2. The molecule has 2 aliphatic heterocycles. The van der Waals surface area contributed by atoms with E-state index < -0.39 is 0 Å². The highest BCUT2D eigenvalue weighted by molar-refractivity contribution is 15.0. The molecular formula is C36H40Cl3I3N4O2. The van der Waals surface area contributed by atoms with E-state index in [1.165, 1.54) is 5.56 Å². The maximum absolute atomic E-state index is 6.04. The van der Waals surface area contributed by atoms with Crippen LogP contribution < -0.4 is 0 Å². The van der Waals surface area contributed by atoms with Gasteiger partial charge in [0.1, 0.15) is 24.6 Å². The summed E-state index contributed by atoms with van der Waals surface area (Å²) in [6, 6.07) is 23.5. The third-order valence-electron chi connectivity index (χ3n) is 6.85. The molecule has 0 atom stereocenters. The van der Waals surface area contributed by atoms with Crippen LogP contribution in [0.1, 0.15) is 61.3 Å². The van der Waals surface area contributed by atoms with Gasteiger partial charge >= 0.3 is 0 Å². The van der Waals surface area contributed by atoms with E-state index in [-0.39, 0.29) is 35.1 Å². The van der Waals surface area contributed by atoms with Crippen LogP contribution in [0.2, 0.25) is 10.0 Å². The number of hydrogen-bond donors (Lipinski definition) is 0. The lowest BCUT2D eigenvalue weighted by Gasteiger charge is -2.08. The second-order valence-electron chi connectivity index (χ2n) is 12.1. The smallest absolute Gasteiger partial charge is 0.236 e. The quantitative estimate of drug-likeness (QED) is 0.143. The fraction of sp³-hybridized carbons (Fsp3) is 0.333. The van der Waals surface area contributed by atoms with Crippen molar-refractivity contribution in [2.75, 3.05) is 13.2 Å². The molecule has 2 aromatic heterocycles. The highest BCUT2D eigenvalue weighted by Gasteiger charge is 2.29. The largest absolute Gasteiger partial charge is 0.474 e. The first kappa shape index (κ1) is 42.9. The van der Waals surface area contributed by atoms with E-state index in [1.54, 1.807) is 12.4 Å². The van der Waals surface area contributed by atoms with Gasteiger partial charge < -0.3 is 9.47 Å². The fourth-order valence-electron chi connectivity index (χ4n) is 4.55. The van der Waals surface area contributed by atoms with Crippen LogP contribution in [0.3, 0.4) is 0 Å². The zero-order valence-corrected chi connectivity index (χ0v) is 36.4. The molecule has 0 aliphatic carbocycles. The molecule has 0 spiro atoms. The predicted molar refractivity (Wildman–Crippen MR) is 230 cm³/mol. The molecule has 6 nitrogen and oxygen atoms in total. The van der Waals surface area contributed by atoms with Crippen molar-refractivity contribution in [3.63, 3.8) is 0 Å². The van der Waals surface area contributed by atoms with Crippen LogP contribution in [0.5, 0.6) is 0 Å². The summed E-state index contributed by atoms with van der Waals surface area (Å²) in [6.45, 7) is 11.5. The van der Waals surface area contributed by atoms with Crippen molar-refractivity contribution in [2.45, 2.75) is 64.4 Å². The van der Waals surface area contributed by atoms with Crippen molar-refractivity contribution >= 4 is 108 Å². The van der Waals surface area contributed by atoms with Crippen molar-refractivity contribution in [1.82, 2.24) is 9.97 Å². The summed E-state index contributed by atoms with van der Waals surface area (Å²) in [7, 11) is 0. The van der Waals surface area contributed by atoms with E-state index in [9.17, 15) is 0 Å². The molecule has 48 heavy (non-hydrogen) atoms. The number of rotatable bonds is 6. The Hall–Kier alpha value is -1.26. The van der Waals surface area contributed by atoms with Crippen LogP contribution in [0.4, 0.5) is 0 Å². The Morgan fingerprint density at radius 2 is 1.19 bits per heavy atom. The van der Waals surface area contributed by atoms with Crippen molar-refractivity contribution in [3.05, 3.63) is 129 Å². The van der Waals surface area contributed by atoms with Crippen molar-refractivity contribution in [1.29, 1.82) is 0 Å². The standard InChI is InChI=1S/C18H19ClN2O.C11H14N2O.C7H6Cl2.I2.HI/c1-18(2)12-22-17(21-18)16-14(6-4-10-20-16)9-8-13-5-3-7-15(19)11-13;1-8-5-4-6-12-9(8)10-13-11(2,3)7-14-10;8-5-6-2-1-3-7(9)4-6;1-2;/h3-7,10-11H,8-9,12H2,1-2H3;4-6H,7H2,1-3H3;1-4H,5H2;;1H. The Labute approximate surface area is 340 Å². The third kappa shape index (κ3) is 14.2. The van der Waals surface area contributed by atoms with Gasteiger partial charge in [-0.3, -0.25) is 9.97 Å². The van der Waals surface area contributed by atoms with Gasteiger partial charge in [0.25, 0.3) is 0 Å². The van der Waals surface area contributed by atoms with E-state index in [1.807, 2.05) is 67.6 Å². The Morgan fingerprint density at radius 3 is 1.67 bits per heavy atom. The minimum Gasteiger partial charge on any atom is -0.474 e. The zero-order chi connectivity index (χ0) is 34.5. The molecule has 4 aromatic rings. The molecule has 0 bridgehead atoms. The monoisotopic (exact) mass is 1050 g/mol. The molecule has 258 valence electrons. The number of pyridine rings is 2. The molecule has 2 aromatic carbocycles. The highest BCUT2D eigenvalue weighted by atomic mass is 128. The van der Waals surface area contributed by atoms with Crippen LogP contribution in [0.25, 0.3) is 0 Å². The van der Waals surface area contributed by atoms with Crippen LogP contribution in [-0.4, -0.2) is 46.1 Å². The maximum atomic E-state index is 6.04. The number of alkyl halides is 1. The van der Waals surface area contributed by atoms with E-state index in [4.69, 9.17) is 44.3 Å². The fourth-order valence-corrected chi connectivity index (χ4v) is 5.14. The van der Waals surface area contributed by atoms with Crippen LogP contribution in [0.15, 0.2) is 95.2 Å². The van der Waals surface area contributed by atoms with Crippen molar-refractivity contribution in [3.8, 4) is 0 Å². The predicted octanol–water partition coefficient (Wildman–Crippen LogP) is 11.5. The minimum absolute atomic E-state index is 0. The first-order valence-electron chi connectivity index (χ1n) is 15.0. The van der Waals surface area contributed by atoms with Gasteiger partial charge in [-0.1, -0.05) is 59.6 Å². The average molecular weight is 1050 g/mol. The molecule has 4 heterocycles. The van der Waals surface area contributed by atoms with Crippen LogP contribution in [-0.2, 0) is 28.2 Å². The number of hydrogen-bond acceptors (Lipinski definition) is 6. The Morgan fingerprint density at radius 1 is 0.688 bits per heavy atom. The number of benzene rings is 2. The van der Waals surface area contributed by atoms with Gasteiger partial charge in [-0.2, -0.15) is 0 Å². The summed E-state index contributed by atoms with van der Waals surface area (Å²) in [5.74, 6) is 1.86. The lowest BCUT2D eigenvalue weighted by atomic mass is 10.0. The zero-order valence-electron chi connectivity index (χ0n) is 27.5.